The predicted molar refractivity (Wildman–Crippen MR) is 81.0 cm³/mol. The summed E-state index contributed by atoms with van der Waals surface area (Å²) in [6.07, 6.45) is 2.17. The van der Waals surface area contributed by atoms with Gasteiger partial charge in [-0.3, -0.25) is 4.55 Å². The van der Waals surface area contributed by atoms with E-state index in [2.05, 4.69) is 16.1 Å². The second-order valence-electron chi connectivity index (χ2n) is 3.99. The van der Waals surface area contributed by atoms with Gasteiger partial charge in [-0.1, -0.05) is 6.58 Å². The van der Waals surface area contributed by atoms with Crippen LogP contribution in [0.4, 0.5) is 0 Å². The summed E-state index contributed by atoms with van der Waals surface area (Å²) >= 11 is 0. The van der Waals surface area contributed by atoms with Crippen LogP contribution in [0.1, 0.15) is 13.8 Å². The number of aliphatic hydroxyl groups excluding tert-OH is 2. The highest BCUT2D eigenvalue weighted by molar-refractivity contribution is 7.88. The highest BCUT2D eigenvalue weighted by atomic mass is 32.2. The summed E-state index contributed by atoms with van der Waals surface area (Å²) in [4.78, 5) is 30.3. The van der Waals surface area contributed by atoms with Crippen LogP contribution in [0.5, 0.6) is 0 Å². The van der Waals surface area contributed by atoms with Crippen molar-refractivity contribution in [2.75, 3.05) is 13.2 Å². The second-order valence-corrected chi connectivity index (χ2v) is 5.25. The molecule has 0 unspecified atom stereocenters. The largest absolute Gasteiger partial charge is 0.512 e. The molecule has 0 saturated carbocycles. The summed E-state index contributed by atoms with van der Waals surface area (Å²) in [7, 11) is -4.14. The van der Waals surface area contributed by atoms with Crippen LogP contribution in [0, 0.1) is 0 Å². The fraction of sp³-hybridized carbons (Fsp3) is 0.308. The first kappa shape index (κ1) is 23.8. The van der Waals surface area contributed by atoms with E-state index in [1.165, 1.54) is 0 Å². The number of carbonyl (C=O) groups is 3. The van der Waals surface area contributed by atoms with Crippen LogP contribution in [0.15, 0.2) is 35.5 Å². The zero-order valence-electron chi connectivity index (χ0n) is 13.0. The minimum atomic E-state index is -4.14. The summed E-state index contributed by atoms with van der Waals surface area (Å²) in [5.74, 6) is -2.05. The summed E-state index contributed by atoms with van der Waals surface area (Å²) in [6.45, 7) is 5.96. The van der Waals surface area contributed by atoms with Crippen molar-refractivity contribution in [1.29, 1.82) is 0 Å². The van der Waals surface area contributed by atoms with E-state index in [0.717, 1.165) is 19.1 Å². The smallest absolute Gasteiger partial charge is 0.338 e. The SMILES string of the molecule is C=C(C)C(=O)OCCO.CC(O)=CS(=O)(=O)O.O=C1C=CC(=O)O1. The molecular weight excluding hydrogens is 348 g/mol. The Labute approximate surface area is 138 Å². The Bertz CT molecular complexity index is 607. The maximum absolute atomic E-state index is 10.5. The Morgan fingerprint density at radius 1 is 1.29 bits per heavy atom. The third kappa shape index (κ3) is 17.6. The van der Waals surface area contributed by atoms with Crippen LogP contribution in [-0.2, 0) is 34.0 Å². The molecule has 0 atom stereocenters. The monoisotopic (exact) mass is 366 g/mol. The van der Waals surface area contributed by atoms with Gasteiger partial charge in [0.25, 0.3) is 10.1 Å². The number of hydrogen-bond donors (Lipinski definition) is 3. The molecule has 0 aromatic rings. The maximum atomic E-state index is 10.5. The van der Waals surface area contributed by atoms with Crippen molar-refractivity contribution in [2.24, 2.45) is 0 Å². The molecule has 136 valence electrons. The molecule has 0 saturated heterocycles. The van der Waals surface area contributed by atoms with Gasteiger partial charge < -0.3 is 19.7 Å². The molecule has 3 N–H and O–H groups in total. The molecule has 1 aliphatic rings. The summed E-state index contributed by atoms with van der Waals surface area (Å²) < 4.78 is 35.9. The van der Waals surface area contributed by atoms with Crippen molar-refractivity contribution >= 4 is 28.0 Å². The standard InChI is InChI=1S/C6H10O3.C4H2O3.C3H6O4S/c1-5(2)6(8)9-4-3-7;5-3-1-2-4(6)7-3;1-3(4)2-8(5,6)7/h7H,1,3-4H2,2H3;1-2H;2,4H,1H3,(H,5,6,7). The molecular formula is C13H18O10S. The number of ether oxygens (including phenoxy) is 2. The van der Waals surface area contributed by atoms with Crippen LogP contribution in [0.2, 0.25) is 0 Å². The normalized spacial score (nSPS) is 13.1. The minimum absolute atomic E-state index is 0.0473. The van der Waals surface area contributed by atoms with Crippen molar-refractivity contribution < 1.29 is 47.0 Å². The lowest BCUT2D eigenvalue weighted by molar-refractivity contribution is -0.150. The van der Waals surface area contributed by atoms with Crippen molar-refractivity contribution in [1.82, 2.24) is 0 Å². The van der Waals surface area contributed by atoms with Crippen LogP contribution in [0.3, 0.4) is 0 Å². The highest BCUT2D eigenvalue weighted by Crippen LogP contribution is 1.92. The zero-order chi connectivity index (χ0) is 19.3. The lowest BCUT2D eigenvalue weighted by Gasteiger charge is -1.99. The molecule has 0 aromatic heterocycles. The van der Waals surface area contributed by atoms with E-state index in [9.17, 15) is 22.8 Å². The lowest BCUT2D eigenvalue weighted by atomic mass is 10.4. The van der Waals surface area contributed by atoms with Gasteiger partial charge in [-0.2, -0.15) is 8.42 Å². The topological polar surface area (TPSA) is 164 Å². The van der Waals surface area contributed by atoms with Crippen LogP contribution < -0.4 is 0 Å². The van der Waals surface area contributed by atoms with Gasteiger partial charge in [-0.05, 0) is 13.8 Å². The molecule has 11 heteroatoms. The first-order valence-electron chi connectivity index (χ1n) is 6.11. The Morgan fingerprint density at radius 3 is 1.92 bits per heavy atom. The van der Waals surface area contributed by atoms with Gasteiger partial charge in [-0.15, -0.1) is 0 Å². The molecule has 1 rings (SSSR count). The Hall–Kier alpha value is -2.50. The number of carbonyl (C=O) groups excluding carboxylic acids is 3. The lowest BCUT2D eigenvalue weighted by Crippen LogP contribution is -2.08. The summed E-state index contributed by atoms with van der Waals surface area (Å²) in [5, 5.41) is 16.8. The van der Waals surface area contributed by atoms with Gasteiger partial charge in [0.05, 0.1) is 12.0 Å². The van der Waals surface area contributed by atoms with Crippen molar-refractivity contribution in [3.63, 3.8) is 0 Å². The Kier molecular flexibility index (Phi) is 11.9. The second kappa shape index (κ2) is 12.0. The number of aliphatic hydroxyl groups is 2. The molecule has 0 aromatic carbocycles. The quantitative estimate of drug-likeness (QED) is 0.203. The third-order valence-corrected chi connectivity index (χ3v) is 2.19. The predicted octanol–water partition coefficient (Wildman–Crippen LogP) is 0.0175. The van der Waals surface area contributed by atoms with Gasteiger partial charge >= 0.3 is 17.9 Å². The van der Waals surface area contributed by atoms with Crippen LogP contribution >= 0.6 is 0 Å². The van der Waals surface area contributed by atoms with Gasteiger partial charge in [0.1, 0.15) is 12.4 Å². The average Bonchev–Trinajstić information content (AvgIpc) is 2.78. The first-order valence-corrected chi connectivity index (χ1v) is 7.61. The van der Waals surface area contributed by atoms with Gasteiger partial charge in [0.15, 0.2) is 0 Å². The van der Waals surface area contributed by atoms with E-state index < -0.39 is 33.8 Å². The maximum Gasteiger partial charge on any atom is 0.338 e. The molecule has 0 aliphatic carbocycles. The molecule has 1 aliphatic heterocycles. The van der Waals surface area contributed by atoms with Crippen LogP contribution in [-0.4, -0.2) is 54.3 Å². The van der Waals surface area contributed by atoms with Gasteiger partial charge in [0.2, 0.25) is 0 Å². The number of hydrogen-bond acceptors (Lipinski definition) is 9. The van der Waals surface area contributed by atoms with E-state index >= 15 is 0 Å². The molecule has 0 radical (unpaired) electrons. The molecule has 0 fully saturated rings. The number of rotatable bonds is 4. The summed E-state index contributed by atoms with van der Waals surface area (Å²) in [6, 6.07) is 0. The molecule has 0 amide bonds. The van der Waals surface area contributed by atoms with E-state index in [1.807, 2.05) is 0 Å². The fourth-order valence-corrected chi connectivity index (χ4v) is 1.21. The van der Waals surface area contributed by atoms with E-state index in [0.29, 0.717) is 11.0 Å². The van der Waals surface area contributed by atoms with E-state index in [1.54, 1.807) is 6.92 Å². The van der Waals surface area contributed by atoms with Crippen molar-refractivity contribution in [2.45, 2.75) is 13.8 Å². The molecule has 10 nitrogen and oxygen atoms in total. The van der Waals surface area contributed by atoms with Gasteiger partial charge in [0, 0.05) is 17.7 Å². The first-order chi connectivity index (χ1) is 10.9. The molecule has 0 bridgehead atoms. The fourth-order valence-electron chi connectivity index (χ4n) is 0.780. The van der Waals surface area contributed by atoms with Crippen molar-refractivity contribution in [3.05, 3.63) is 35.5 Å². The number of cyclic esters (lactones) is 2. The number of esters is 3. The summed E-state index contributed by atoms with van der Waals surface area (Å²) in [5.41, 5.74) is 0.350. The minimum Gasteiger partial charge on any atom is -0.512 e. The zero-order valence-corrected chi connectivity index (χ0v) is 13.8. The molecule has 24 heavy (non-hydrogen) atoms. The highest BCUT2D eigenvalue weighted by Gasteiger charge is 2.10. The van der Waals surface area contributed by atoms with E-state index in [4.69, 9.17) is 14.8 Å². The van der Waals surface area contributed by atoms with Gasteiger partial charge in [-0.25, -0.2) is 14.4 Å². The number of allylic oxidation sites excluding steroid dienone is 1. The van der Waals surface area contributed by atoms with E-state index in [-0.39, 0.29) is 13.2 Å². The van der Waals surface area contributed by atoms with Crippen molar-refractivity contribution in [3.8, 4) is 0 Å². The third-order valence-electron chi connectivity index (χ3n) is 1.55. The molecule has 1 heterocycles. The average molecular weight is 366 g/mol. The van der Waals surface area contributed by atoms with Crippen LogP contribution in [0.25, 0.3) is 0 Å². The Balaban J connectivity index is 0. The Morgan fingerprint density at radius 2 is 1.75 bits per heavy atom. The molecule has 0 spiro atoms.